The fraction of sp³-hybridized carbons (Fsp3) is 0.200. The molecule has 0 bridgehead atoms. The van der Waals surface area contributed by atoms with Crippen LogP contribution in [0.25, 0.3) is 5.69 Å². The van der Waals surface area contributed by atoms with E-state index in [2.05, 4.69) is 15.6 Å². The van der Waals surface area contributed by atoms with Gasteiger partial charge >= 0.3 is 6.18 Å². The van der Waals surface area contributed by atoms with Gasteiger partial charge in [-0.1, -0.05) is 16.8 Å². The summed E-state index contributed by atoms with van der Waals surface area (Å²) in [4.78, 5) is 0. The van der Waals surface area contributed by atoms with Crippen LogP contribution >= 0.6 is 11.6 Å². The highest BCUT2D eigenvalue weighted by Crippen LogP contribution is 2.29. The summed E-state index contributed by atoms with van der Waals surface area (Å²) in [5.74, 6) is 0. The zero-order chi connectivity index (χ0) is 13.3. The topological polar surface area (TPSA) is 42.7 Å². The van der Waals surface area contributed by atoms with Crippen molar-refractivity contribution in [3.63, 3.8) is 0 Å². The van der Waals surface area contributed by atoms with Gasteiger partial charge in [0.05, 0.1) is 17.6 Å². The van der Waals surface area contributed by atoms with Gasteiger partial charge in [-0.15, -0.1) is 5.10 Å². The molecule has 1 heterocycles. The maximum atomic E-state index is 12.4. The van der Waals surface area contributed by atoms with Crippen LogP contribution in [0.2, 0.25) is 5.02 Å². The first-order valence-corrected chi connectivity index (χ1v) is 5.27. The van der Waals surface area contributed by atoms with Crippen molar-refractivity contribution in [1.29, 1.82) is 0 Å². The molecule has 0 radical (unpaired) electrons. The molecule has 0 fully saturated rings. The Morgan fingerprint density at radius 3 is 2.61 bits per heavy atom. The van der Waals surface area contributed by atoms with Crippen LogP contribution in [-0.2, 0) is 6.18 Å². The van der Waals surface area contributed by atoms with E-state index < -0.39 is 11.9 Å². The maximum absolute atomic E-state index is 12.4. The summed E-state index contributed by atoms with van der Waals surface area (Å²) in [6.07, 6.45) is -3.69. The Morgan fingerprint density at radius 1 is 1.33 bits per heavy atom. The van der Waals surface area contributed by atoms with Gasteiger partial charge in [0.15, 0.2) is 5.69 Å². The molecule has 18 heavy (non-hydrogen) atoms. The molecule has 0 aliphatic heterocycles. The fourth-order valence-corrected chi connectivity index (χ4v) is 1.59. The minimum atomic E-state index is -4.51. The number of halogens is 4. The Labute approximate surface area is 105 Å². The largest absolute Gasteiger partial charge is 0.436 e. The number of alkyl halides is 3. The molecule has 1 N–H and O–H groups in total. The Balaban J connectivity index is 2.46. The molecule has 0 aliphatic carbocycles. The molecule has 2 rings (SSSR count). The lowest BCUT2D eigenvalue weighted by atomic mass is 10.2. The number of anilines is 1. The van der Waals surface area contributed by atoms with Crippen molar-refractivity contribution in [2.24, 2.45) is 0 Å². The number of benzene rings is 1. The number of hydrogen-bond acceptors (Lipinski definition) is 3. The SMILES string of the molecule is CNc1cc(Cl)ccc1-n1cc(C(F)(F)F)nn1. The first-order valence-electron chi connectivity index (χ1n) is 4.89. The number of nitrogens with one attached hydrogen (secondary N) is 1. The van der Waals surface area contributed by atoms with Gasteiger partial charge < -0.3 is 5.32 Å². The van der Waals surface area contributed by atoms with Crippen molar-refractivity contribution in [3.05, 3.63) is 35.1 Å². The van der Waals surface area contributed by atoms with E-state index in [1.165, 1.54) is 0 Å². The van der Waals surface area contributed by atoms with E-state index in [0.29, 0.717) is 16.4 Å². The number of rotatable bonds is 2. The van der Waals surface area contributed by atoms with Crippen LogP contribution in [0.15, 0.2) is 24.4 Å². The molecule has 0 spiro atoms. The summed E-state index contributed by atoms with van der Waals surface area (Å²) < 4.78 is 38.3. The zero-order valence-corrected chi connectivity index (χ0v) is 9.92. The van der Waals surface area contributed by atoms with Crippen LogP contribution in [0.5, 0.6) is 0 Å². The predicted molar refractivity (Wildman–Crippen MR) is 60.9 cm³/mol. The summed E-state index contributed by atoms with van der Waals surface area (Å²) in [5.41, 5.74) is -0.0504. The van der Waals surface area contributed by atoms with E-state index in [-0.39, 0.29) is 0 Å². The minimum absolute atomic E-state index is 0.435. The van der Waals surface area contributed by atoms with E-state index >= 15 is 0 Å². The standard InChI is InChI=1S/C10H8ClF3N4/c1-15-7-4-6(11)2-3-8(7)18-5-9(16-17-18)10(12,13)14/h2-5,15H,1H3. The Kier molecular flexibility index (Phi) is 3.16. The summed E-state index contributed by atoms with van der Waals surface area (Å²) >= 11 is 5.80. The number of nitrogens with zero attached hydrogens (tertiary/aromatic N) is 3. The zero-order valence-electron chi connectivity index (χ0n) is 9.16. The van der Waals surface area contributed by atoms with E-state index in [4.69, 9.17) is 11.6 Å². The van der Waals surface area contributed by atoms with Gasteiger partial charge in [0.2, 0.25) is 0 Å². The molecule has 0 aliphatic rings. The smallest absolute Gasteiger partial charge is 0.386 e. The number of aromatic nitrogens is 3. The highest BCUT2D eigenvalue weighted by molar-refractivity contribution is 6.31. The lowest BCUT2D eigenvalue weighted by Crippen LogP contribution is -2.05. The maximum Gasteiger partial charge on any atom is 0.436 e. The Hall–Kier alpha value is -1.76. The van der Waals surface area contributed by atoms with Gasteiger partial charge in [-0.05, 0) is 18.2 Å². The van der Waals surface area contributed by atoms with Crippen LogP contribution in [0.4, 0.5) is 18.9 Å². The molecule has 1 aromatic carbocycles. The third kappa shape index (κ3) is 2.40. The fourth-order valence-electron chi connectivity index (χ4n) is 1.42. The molecule has 0 unspecified atom stereocenters. The average Bonchev–Trinajstić information content (AvgIpc) is 2.77. The predicted octanol–water partition coefficient (Wildman–Crippen LogP) is 2.98. The van der Waals surface area contributed by atoms with Crippen LogP contribution < -0.4 is 5.32 Å². The molecule has 1 aromatic heterocycles. The normalized spacial score (nSPS) is 11.6. The molecular formula is C10H8ClF3N4. The van der Waals surface area contributed by atoms with Gasteiger partial charge in [0, 0.05) is 12.1 Å². The molecule has 0 atom stereocenters. The van der Waals surface area contributed by atoms with Crippen LogP contribution in [0.1, 0.15) is 5.69 Å². The minimum Gasteiger partial charge on any atom is -0.386 e. The lowest BCUT2D eigenvalue weighted by Gasteiger charge is -2.08. The first-order chi connectivity index (χ1) is 8.41. The van der Waals surface area contributed by atoms with Crippen molar-refractivity contribution in [1.82, 2.24) is 15.0 Å². The summed E-state index contributed by atoms with van der Waals surface area (Å²) in [7, 11) is 1.64. The molecule has 0 amide bonds. The van der Waals surface area contributed by atoms with Crippen molar-refractivity contribution in [2.45, 2.75) is 6.18 Å². The second-order valence-corrected chi connectivity index (χ2v) is 3.89. The van der Waals surface area contributed by atoms with Gasteiger partial charge in [-0.2, -0.15) is 13.2 Å². The Morgan fingerprint density at radius 2 is 2.06 bits per heavy atom. The van der Waals surface area contributed by atoms with E-state index in [1.54, 1.807) is 25.2 Å². The van der Waals surface area contributed by atoms with Gasteiger partial charge in [-0.25, -0.2) is 4.68 Å². The third-order valence-electron chi connectivity index (χ3n) is 2.26. The highest BCUT2D eigenvalue weighted by atomic mass is 35.5. The van der Waals surface area contributed by atoms with Gasteiger partial charge in [0.25, 0.3) is 0 Å². The van der Waals surface area contributed by atoms with Crippen LogP contribution in [0.3, 0.4) is 0 Å². The molecular weight excluding hydrogens is 269 g/mol. The molecule has 4 nitrogen and oxygen atoms in total. The van der Waals surface area contributed by atoms with E-state index in [0.717, 1.165) is 10.9 Å². The van der Waals surface area contributed by atoms with E-state index in [9.17, 15) is 13.2 Å². The number of hydrogen-bond donors (Lipinski definition) is 1. The van der Waals surface area contributed by atoms with Crippen molar-refractivity contribution >= 4 is 17.3 Å². The molecule has 0 saturated carbocycles. The quantitative estimate of drug-likeness (QED) is 0.917. The lowest BCUT2D eigenvalue weighted by molar-refractivity contribution is -0.141. The summed E-state index contributed by atoms with van der Waals surface area (Å²) in [6, 6.07) is 4.71. The second kappa shape index (κ2) is 4.49. The van der Waals surface area contributed by atoms with Crippen molar-refractivity contribution < 1.29 is 13.2 Å². The summed E-state index contributed by atoms with van der Waals surface area (Å²) in [6.45, 7) is 0. The molecule has 96 valence electrons. The van der Waals surface area contributed by atoms with Gasteiger partial charge in [0.1, 0.15) is 0 Å². The van der Waals surface area contributed by atoms with Crippen molar-refractivity contribution in [3.8, 4) is 5.69 Å². The Bertz CT molecular complexity index is 564. The second-order valence-electron chi connectivity index (χ2n) is 3.46. The third-order valence-corrected chi connectivity index (χ3v) is 2.49. The van der Waals surface area contributed by atoms with Gasteiger partial charge in [-0.3, -0.25) is 0 Å². The van der Waals surface area contributed by atoms with E-state index in [1.807, 2.05) is 0 Å². The monoisotopic (exact) mass is 276 g/mol. The highest BCUT2D eigenvalue weighted by Gasteiger charge is 2.34. The molecule has 2 aromatic rings. The average molecular weight is 277 g/mol. The summed E-state index contributed by atoms with van der Waals surface area (Å²) in [5, 5.41) is 9.84. The molecule has 0 saturated heterocycles. The van der Waals surface area contributed by atoms with Crippen LogP contribution in [-0.4, -0.2) is 22.0 Å². The van der Waals surface area contributed by atoms with Crippen LogP contribution in [0, 0.1) is 0 Å². The first kappa shape index (κ1) is 12.7. The molecule has 8 heteroatoms. The van der Waals surface area contributed by atoms with Crippen molar-refractivity contribution in [2.75, 3.05) is 12.4 Å².